The maximum absolute atomic E-state index is 12.6. The number of alkyl halides is 2. The first kappa shape index (κ1) is 21.3. The van der Waals surface area contributed by atoms with Gasteiger partial charge in [0.05, 0.1) is 6.54 Å². The smallest absolute Gasteiger partial charge is 0.319 e. The number of nitrogens with zero attached hydrogens (tertiary/aromatic N) is 2. The van der Waals surface area contributed by atoms with Gasteiger partial charge in [0.25, 0.3) is 0 Å². The molecule has 0 radical (unpaired) electrons. The fourth-order valence-corrected chi connectivity index (χ4v) is 1.93. The zero-order valence-electron chi connectivity index (χ0n) is 12.1. The van der Waals surface area contributed by atoms with Crippen molar-refractivity contribution in [3.8, 4) is 0 Å². The lowest BCUT2D eigenvalue weighted by molar-refractivity contribution is -0.121. The summed E-state index contributed by atoms with van der Waals surface area (Å²) in [5, 5.41) is 2.55. The molecule has 0 bridgehead atoms. The molecule has 23 heavy (non-hydrogen) atoms. The molecule has 1 atom stereocenters. The molecule has 0 saturated heterocycles. The number of hydrogen-bond donors (Lipinski definition) is 2. The average Bonchev–Trinajstić information content (AvgIpc) is 2.94. The van der Waals surface area contributed by atoms with Gasteiger partial charge >= 0.3 is 6.55 Å². The molecule has 128 valence electrons. The molecule has 2 aromatic rings. The lowest BCUT2D eigenvalue weighted by Crippen LogP contribution is -2.28. The van der Waals surface area contributed by atoms with Crippen molar-refractivity contribution in [2.75, 3.05) is 0 Å². The molecule has 9 heteroatoms. The molecular weight excluding hydrogens is 349 g/mol. The third kappa shape index (κ3) is 6.13. The number of carbonyl (C=O) groups is 1. The summed E-state index contributed by atoms with van der Waals surface area (Å²) in [6.45, 7) is -2.73. The molecule has 0 aliphatic carbocycles. The third-order valence-corrected chi connectivity index (χ3v) is 3.04. The number of hydrogen-bond acceptors (Lipinski definition) is 3. The maximum atomic E-state index is 12.6. The van der Waals surface area contributed by atoms with Gasteiger partial charge in [-0.25, -0.2) is 4.98 Å². The van der Waals surface area contributed by atoms with Gasteiger partial charge in [0, 0.05) is 24.9 Å². The monoisotopic (exact) mass is 366 g/mol. The van der Waals surface area contributed by atoms with Crippen LogP contribution < -0.4 is 11.1 Å². The van der Waals surface area contributed by atoms with Gasteiger partial charge < -0.3 is 11.1 Å². The number of imidazole rings is 1. The second-order valence-electron chi connectivity index (χ2n) is 4.53. The first-order chi connectivity index (χ1) is 10.1. The van der Waals surface area contributed by atoms with Gasteiger partial charge in [-0.15, -0.1) is 24.8 Å². The Labute approximate surface area is 145 Å². The Balaban J connectivity index is 0.00000242. The highest BCUT2D eigenvalue weighted by Crippen LogP contribution is 2.14. The van der Waals surface area contributed by atoms with Crippen molar-refractivity contribution in [1.29, 1.82) is 0 Å². The largest absolute Gasteiger partial charge is 0.349 e. The number of nitrogens with one attached hydrogen (secondary N) is 1. The minimum atomic E-state index is -2.68. The average molecular weight is 367 g/mol. The van der Waals surface area contributed by atoms with Gasteiger partial charge in [-0.3, -0.25) is 9.36 Å². The van der Waals surface area contributed by atoms with Crippen LogP contribution in [0.1, 0.15) is 30.4 Å². The number of amides is 1. The molecule has 1 aromatic heterocycles. The van der Waals surface area contributed by atoms with Gasteiger partial charge in [0.2, 0.25) is 5.91 Å². The molecule has 1 amide bonds. The number of halogens is 4. The summed E-state index contributed by atoms with van der Waals surface area (Å²) in [4.78, 5) is 15.6. The van der Waals surface area contributed by atoms with Crippen molar-refractivity contribution in [3.05, 3.63) is 54.1 Å². The second-order valence-corrected chi connectivity index (χ2v) is 4.53. The van der Waals surface area contributed by atoms with Crippen molar-refractivity contribution in [3.63, 3.8) is 0 Å². The van der Waals surface area contributed by atoms with Crippen molar-refractivity contribution < 1.29 is 13.6 Å². The number of aromatic nitrogens is 2. The van der Waals surface area contributed by atoms with Gasteiger partial charge in [-0.1, -0.05) is 30.3 Å². The van der Waals surface area contributed by atoms with E-state index in [2.05, 4.69) is 10.3 Å². The standard InChI is InChI=1S/C14H16F2N4O.2ClH/c15-14(16)20-7-6-18-12(20)9-19-13(21)8-11(17)10-4-2-1-3-5-10;;/h1-7,11,14H,8-9,17H2,(H,19,21);2*1H. The fourth-order valence-electron chi connectivity index (χ4n) is 1.93. The SMILES string of the molecule is Cl.Cl.NC(CC(=O)NCc1nccn1C(F)F)c1ccccc1. The molecule has 5 nitrogen and oxygen atoms in total. The number of nitrogens with two attached hydrogens (primary N) is 1. The first-order valence-electron chi connectivity index (χ1n) is 6.45. The van der Waals surface area contributed by atoms with E-state index in [1.54, 1.807) is 0 Å². The second kappa shape index (κ2) is 10.1. The third-order valence-electron chi connectivity index (χ3n) is 3.04. The van der Waals surface area contributed by atoms with Crippen LogP contribution in [0.25, 0.3) is 0 Å². The summed E-state index contributed by atoms with van der Waals surface area (Å²) in [5.74, 6) is -0.207. The fraction of sp³-hybridized carbons (Fsp3) is 0.286. The zero-order chi connectivity index (χ0) is 15.2. The normalized spacial score (nSPS) is 11.3. The van der Waals surface area contributed by atoms with Crippen molar-refractivity contribution in [2.24, 2.45) is 5.73 Å². The minimum absolute atomic E-state index is 0. The molecule has 1 heterocycles. The molecule has 3 N–H and O–H groups in total. The molecule has 1 unspecified atom stereocenters. The van der Waals surface area contributed by atoms with E-state index in [4.69, 9.17) is 5.73 Å². The quantitative estimate of drug-likeness (QED) is 0.825. The molecule has 0 aliphatic heterocycles. The van der Waals surface area contributed by atoms with E-state index in [0.29, 0.717) is 4.57 Å². The van der Waals surface area contributed by atoms with E-state index in [9.17, 15) is 13.6 Å². The van der Waals surface area contributed by atoms with Gasteiger partial charge in [0.15, 0.2) is 0 Å². The number of benzene rings is 1. The van der Waals surface area contributed by atoms with Crippen LogP contribution in [0.15, 0.2) is 42.7 Å². The highest BCUT2D eigenvalue weighted by molar-refractivity contribution is 5.85. The number of rotatable bonds is 6. The van der Waals surface area contributed by atoms with Gasteiger partial charge in [-0.05, 0) is 5.56 Å². The van der Waals surface area contributed by atoms with Crippen molar-refractivity contribution in [2.45, 2.75) is 25.6 Å². The lowest BCUT2D eigenvalue weighted by Gasteiger charge is -2.12. The number of carbonyl (C=O) groups excluding carboxylic acids is 1. The zero-order valence-corrected chi connectivity index (χ0v) is 13.7. The van der Waals surface area contributed by atoms with Crippen LogP contribution >= 0.6 is 24.8 Å². The summed E-state index contributed by atoms with van der Waals surface area (Å²) < 4.78 is 25.9. The van der Waals surface area contributed by atoms with E-state index >= 15 is 0 Å². The maximum Gasteiger partial charge on any atom is 0.319 e. The molecule has 2 rings (SSSR count). The molecule has 0 aliphatic rings. The highest BCUT2D eigenvalue weighted by Gasteiger charge is 2.14. The van der Waals surface area contributed by atoms with Crippen LogP contribution in [0.2, 0.25) is 0 Å². The van der Waals surface area contributed by atoms with Crippen LogP contribution in [0.5, 0.6) is 0 Å². The Kier molecular flexibility index (Phi) is 9.40. The summed E-state index contributed by atoms with van der Waals surface area (Å²) in [6.07, 6.45) is 2.52. The van der Waals surface area contributed by atoms with E-state index < -0.39 is 12.6 Å². The van der Waals surface area contributed by atoms with Crippen LogP contribution in [0.4, 0.5) is 8.78 Å². The van der Waals surface area contributed by atoms with Crippen molar-refractivity contribution >= 4 is 30.7 Å². The Morgan fingerprint density at radius 2 is 1.91 bits per heavy atom. The predicted molar refractivity (Wildman–Crippen MR) is 87.8 cm³/mol. The summed E-state index contributed by atoms with van der Waals surface area (Å²) in [7, 11) is 0. The van der Waals surface area contributed by atoms with Crippen LogP contribution in [-0.4, -0.2) is 15.5 Å². The Hall–Kier alpha value is -1.70. The van der Waals surface area contributed by atoms with E-state index in [1.165, 1.54) is 12.4 Å². The van der Waals surface area contributed by atoms with Gasteiger partial charge in [-0.2, -0.15) is 8.78 Å². The lowest BCUT2D eigenvalue weighted by atomic mass is 10.0. The summed E-state index contributed by atoms with van der Waals surface area (Å²) >= 11 is 0. The van der Waals surface area contributed by atoms with Crippen LogP contribution in [-0.2, 0) is 11.3 Å². The van der Waals surface area contributed by atoms with E-state index in [-0.39, 0.29) is 49.5 Å². The Morgan fingerprint density at radius 3 is 2.52 bits per heavy atom. The Morgan fingerprint density at radius 1 is 1.26 bits per heavy atom. The molecule has 1 aromatic carbocycles. The van der Waals surface area contributed by atoms with E-state index in [1.807, 2.05) is 30.3 Å². The summed E-state index contributed by atoms with van der Waals surface area (Å²) in [6, 6.07) is 8.78. The molecule has 0 spiro atoms. The van der Waals surface area contributed by atoms with E-state index in [0.717, 1.165) is 5.56 Å². The topological polar surface area (TPSA) is 72.9 Å². The minimum Gasteiger partial charge on any atom is -0.349 e. The first-order valence-corrected chi connectivity index (χ1v) is 6.45. The van der Waals surface area contributed by atoms with Crippen LogP contribution in [0, 0.1) is 0 Å². The Bertz CT molecular complexity index is 595. The molecule has 0 fully saturated rings. The molecule has 0 saturated carbocycles. The highest BCUT2D eigenvalue weighted by atomic mass is 35.5. The van der Waals surface area contributed by atoms with Gasteiger partial charge in [0.1, 0.15) is 5.82 Å². The molecular formula is C14H18Cl2F2N4O. The summed E-state index contributed by atoms with van der Waals surface area (Å²) in [5.41, 5.74) is 6.77. The predicted octanol–water partition coefficient (Wildman–Crippen LogP) is 2.83. The van der Waals surface area contributed by atoms with Crippen LogP contribution in [0.3, 0.4) is 0 Å². The van der Waals surface area contributed by atoms with Crippen molar-refractivity contribution in [1.82, 2.24) is 14.9 Å².